The van der Waals surface area contributed by atoms with Crippen molar-refractivity contribution in [3.8, 4) is 6.07 Å². The average molecular weight is 561 g/mol. The van der Waals surface area contributed by atoms with Crippen molar-refractivity contribution in [3.05, 3.63) is 76.1 Å². The van der Waals surface area contributed by atoms with E-state index in [9.17, 15) is 14.9 Å². The van der Waals surface area contributed by atoms with Gasteiger partial charge in [-0.15, -0.1) is 10.2 Å². The van der Waals surface area contributed by atoms with E-state index in [2.05, 4.69) is 21.6 Å². The number of benzene rings is 1. The number of anilines is 2. The second-order valence-corrected chi connectivity index (χ2v) is 12.7. The number of carbonyl (C=O) groups is 2. The van der Waals surface area contributed by atoms with Gasteiger partial charge in [-0.2, -0.15) is 5.26 Å². The molecule has 1 aliphatic heterocycles. The van der Waals surface area contributed by atoms with Crippen molar-refractivity contribution in [1.29, 1.82) is 5.26 Å². The molecule has 3 heterocycles. The minimum atomic E-state index is -0.675. The third-order valence-electron chi connectivity index (χ3n) is 6.64. The van der Waals surface area contributed by atoms with Crippen molar-refractivity contribution in [3.63, 3.8) is 0 Å². The monoisotopic (exact) mass is 560 g/mol. The Morgan fingerprint density at radius 2 is 2.08 bits per heavy atom. The van der Waals surface area contributed by atoms with Gasteiger partial charge >= 0.3 is 0 Å². The number of nitrogens with two attached hydrogens (primary N) is 1. The predicted molar refractivity (Wildman–Crippen MR) is 151 cm³/mol. The minimum Gasteiger partial charge on any atom is -0.465 e. The largest absolute Gasteiger partial charge is 0.465 e. The van der Waals surface area contributed by atoms with E-state index in [-0.39, 0.29) is 34.3 Å². The molecule has 39 heavy (non-hydrogen) atoms. The van der Waals surface area contributed by atoms with Crippen LogP contribution >= 0.6 is 23.1 Å². The quantitative estimate of drug-likeness (QED) is 0.378. The summed E-state index contributed by atoms with van der Waals surface area (Å²) in [5.74, 6) is 0.671. The van der Waals surface area contributed by atoms with Crippen molar-refractivity contribution in [2.24, 2.45) is 11.1 Å². The molecule has 0 spiro atoms. The second kappa shape index (κ2) is 10.4. The Labute approximate surface area is 234 Å². The van der Waals surface area contributed by atoms with E-state index in [0.717, 1.165) is 11.3 Å². The highest BCUT2D eigenvalue weighted by atomic mass is 32.2. The van der Waals surface area contributed by atoms with Gasteiger partial charge in [-0.05, 0) is 55.5 Å². The molecule has 9 nitrogen and oxygen atoms in total. The Morgan fingerprint density at radius 1 is 1.28 bits per heavy atom. The standard InChI is InChI=1S/C28H28N6O3S2/c1-15-6-5-7-17(10-15)31-22(36)14-38-27-33-32-26(39-27)34-19-11-28(3,4)12-20(35)24(19)23(18(13-29)25(34)30)21-9-8-16(2)37-21/h5-10,23H,11-12,14,30H2,1-4H3,(H,31,36). The zero-order valence-electron chi connectivity index (χ0n) is 22.1. The van der Waals surface area contributed by atoms with Gasteiger partial charge in [0, 0.05) is 23.4 Å². The van der Waals surface area contributed by atoms with Crippen LogP contribution in [0.25, 0.3) is 0 Å². The normalized spacial score (nSPS) is 18.7. The highest BCUT2D eigenvalue weighted by Gasteiger charge is 2.46. The first-order valence-electron chi connectivity index (χ1n) is 12.4. The number of nitrogens with one attached hydrogen (secondary N) is 1. The molecule has 3 N–H and O–H groups in total. The number of hydrogen-bond donors (Lipinski definition) is 2. The van der Waals surface area contributed by atoms with E-state index >= 15 is 0 Å². The maximum Gasteiger partial charge on any atom is 0.234 e. The van der Waals surface area contributed by atoms with Crippen LogP contribution in [0.4, 0.5) is 10.8 Å². The highest BCUT2D eigenvalue weighted by Crippen LogP contribution is 2.50. The molecule has 1 aliphatic carbocycles. The molecular weight excluding hydrogens is 532 g/mol. The molecule has 0 fully saturated rings. The summed E-state index contributed by atoms with van der Waals surface area (Å²) in [6.07, 6.45) is 0.909. The lowest BCUT2D eigenvalue weighted by Gasteiger charge is -2.42. The summed E-state index contributed by atoms with van der Waals surface area (Å²) in [4.78, 5) is 27.7. The number of ketones is 1. The van der Waals surface area contributed by atoms with Crippen LogP contribution in [0.2, 0.25) is 0 Å². The number of amides is 1. The fourth-order valence-corrected chi connectivity index (χ4v) is 6.70. The number of aromatic nitrogens is 2. The van der Waals surface area contributed by atoms with Gasteiger partial charge in [0.05, 0.1) is 23.3 Å². The molecule has 0 bridgehead atoms. The summed E-state index contributed by atoms with van der Waals surface area (Å²) in [5.41, 5.74) is 9.57. The lowest BCUT2D eigenvalue weighted by molar-refractivity contribution is -0.118. The van der Waals surface area contributed by atoms with Gasteiger partial charge in [0.2, 0.25) is 11.0 Å². The first-order valence-corrected chi connectivity index (χ1v) is 14.2. The first-order chi connectivity index (χ1) is 18.6. The van der Waals surface area contributed by atoms with Crippen molar-refractivity contribution in [2.75, 3.05) is 16.0 Å². The molecule has 2 aromatic heterocycles. The van der Waals surface area contributed by atoms with Crippen LogP contribution in [0.1, 0.15) is 49.7 Å². The molecular formula is C28H28N6O3S2. The van der Waals surface area contributed by atoms with E-state index < -0.39 is 5.92 Å². The van der Waals surface area contributed by atoms with Crippen molar-refractivity contribution in [2.45, 2.75) is 50.8 Å². The fourth-order valence-electron chi connectivity index (χ4n) is 5.02. The molecule has 1 atom stereocenters. The van der Waals surface area contributed by atoms with Gasteiger partial charge in [0.1, 0.15) is 17.3 Å². The maximum absolute atomic E-state index is 13.6. The maximum atomic E-state index is 13.6. The molecule has 3 aromatic rings. The van der Waals surface area contributed by atoms with E-state index in [1.54, 1.807) is 11.0 Å². The van der Waals surface area contributed by atoms with Gasteiger partial charge in [0.15, 0.2) is 10.1 Å². The number of hydrogen-bond acceptors (Lipinski definition) is 10. The Balaban J connectivity index is 1.45. The van der Waals surface area contributed by atoms with Gasteiger partial charge in [-0.25, -0.2) is 0 Å². The number of aryl methyl sites for hydroxylation is 2. The van der Waals surface area contributed by atoms with Crippen LogP contribution < -0.4 is 16.0 Å². The smallest absolute Gasteiger partial charge is 0.234 e. The highest BCUT2D eigenvalue weighted by molar-refractivity contribution is 8.01. The van der Waals surface area contributed by atoms with Gasteiger partial charge < -0.3 is 15.5 Å². The van der Waals surface area contributed by atoms with Gasteiger partial charge in [0.25, 0.3) is 0 Å². The average Bonchev–Trinajstić information content (AvgIpc) is 3.50. The van der Waals surface area contributed by atoms with Crippen LogP contribution in [-0.2, 0) is 9.59 Å². The van der Waals surface area contributed by atoms with Crippen LogP contribution in [0.5, 0.6) is 0 Å². The minimum absolute atomic E-state index is 0.0440. The first kappa shape index (κ1) is 26.7. The van der Waals surface area contributed by atoms with E-state index in [1.165, 1.54) is 23.1 Å². The zero-order chi connectivity index (χ0) is 27.9. The van der Waals surface area contributed by atoms with Crippen LogP contribution in [0, 0.1) is 30.6 Å². The van der Waals surface area contributed by atoms with E-state index in [0.29, 0.717) is 45.1 Å². The molecule has 200 valence electrons. The molecule has 1 amide bonds. The molecule has 0 radical (unpaired) electrons. The van der Waals surface area contributed by atoms with Gasteiger partial charge in [-0.3, -0.25) is 14.5 Å². The number of furan rings is 1. The summed E-state index contributed by atoms with van der Waals surface area (Å²) >= 11 is 2.52. The molecule has 0 saturated carbocycles. The Hall–Kier alpha value is -3.88. The number of Topliss-reactive ketones (excluding diaryl/α,β-unsaturated/α-hetero) is 1. The summed E-state index contributed by atoms with van der Waals surface area (Å²) in [7, 11) is 0. The van der Waals surface area contributed by atoms with E-state index in [1.807, 2.05) is 58.0 Å². The SMILES string of the molecule is Cc1cccc(NC(=O)CSc2nnc(N3C(N)=C(C#N)C(c4ccc(C)o4)C4=C3CC(C)(C)CC4=O)s2)c1. The molecule has 2 aliphatic rings. The number of carbonyl (C=O) groups excluding carboxylic acids is 2. The summed E-state index contributed by atoms with van der Waals surface area (Å²) < 4.78 is 6.46. The summed E-state index contributed by atoms with van der Waals surface area (Å²) in [5, 5.41) is 22.1. The Bertz CT molecular complexity index is 1580. The van der Waals surface area contributed by atoms with Crippen molar-refractivity contribution in [1.82, 2.24) is 10.2 Å². The Kier molecular flexibility index (Phi) is 7.09. The molecule has 5 rings (SSSR count). The lowest BCUT2D eigenvalue weighted by Crippen LogP contribution is -2.42. The lowest BCUT2D eigenvalue weighted by atomic mass is 9.69. The zero-order valence-corrected chi connectivity index (χ0v) is 23.7. The summed E-state index contributed by atoms with van der Waals surface area (Å²) in [6, 6.07) is 13.4. The second-order valence-electron chi connectivity index (χ2n) is 10.5. The number of nitriles is 1. The topological polar surface area (TPSA) is 138 Å². The Morgan fingerprint density at radius 3 is 2.77 bits per heavy atom. The van der Waals surface area contributed by atoms with Crippen LogP contribution in [0.15, 0.2) is 67.8 Å². The van der Waals surface area contributed by atoms with Gasteiger partial charge in [-0.1, -0.05) is 49.1 Å². The number of rotatable bonds is 6. The van der Waals surface area contributed by atoms with Crippen LogP contribution in [0.3, 0.4) is 0 Å². The molecule has 11 heteroatoms. The summed E-state index contributed by atoms with van der Waals surface area (Å²) in [6.45, 7) is 7.85. The number of thioether (sulfide) groups is 1. The third kappa shape index (κ3) is 5.35. The molecule has 1 aromatic carbocycles. The molecule has 0 saturated heterocycles. The van der Waals surface area contributed by atoms with Crippen LogP contribution in [-0.4, -0.2) is 27.6 Å². The third-order valence-corrected chi connectivity index (χ3v) is 8.68. The van der Waals surface area contributed by atoms with E-state index in [4.69, 9.17) is 10.2 Å². The molecule has 1 unspecified atom stereocenters. The predicted octanol–water partition coefficient (Wildman–Crippen LogP) is 5.42. The fraction of sp³-hybridized carbons (Fsp3) is 0.321. The number of nitrogens with zero attached hydrogens (tertiary/aromatic N) is 4. The number of allylic oxidation sites excluding steroid dienone is 3. The van der Waals surface area contributed by atoms with Crippen molar-refractivity contribution < 1.29 is 14.0 Å². The van der Waals surface area contributed by atoms with Crippen molar-refractivity contribution >= 4 is 45.6 Å².